The van der Waals surface area contributed by atoms with Crippen molar-refractivity contribution >= 4 is 40.7 Å². The van der Waals surface area contributed by atoms with Crippen molar-refractivity contribution in [3.63, 3.8) is 0 Å². The zero-order chi connectivity index (χ0) is 26.0. The fourth-order valence-electron chi connectivity index (χ4n) is 3.90. The van der Waals surface area contributed by atoms with Gasteiger partial charge in [0.15, 0.2) is 0 Å². The van der Waals surface area contributed by atoms with E-state index in [2.05, 4.69) is 6.07 Å². The van der Waals surface area contributed by atoms with Gasteiger partial charge in [-0.2, -0.15) is 10.5 Å². The van der Waals surface area contributed by atoms with Gasteiger partial charge in [0.25, 0.3) is 5.56 Å². The average Bonchev–Trinajstić information content (AvgIpc) is 3.23. The molecule has 2 N–H and O–H groups in total. The lowest BCUT2D eigenvalue weighted by Crippen LogP contribution is -2.38. The summed E-state index contributed by atoms with van der Waals surface area (Å²) in [4.78, 5) is 36.7. The van der Waals surface area contributed by atoms with Gasteiger partial charge in [0.05, 0.1) is 59.1 Å². The Morgan fingerprint density at radius 3 is 1.97 bits per heavy atom. The Bertz CT molecular complexity index is 1680. The molecule has 178 valence electrons. The van der Waals surface area contributed by atoms with Crippen LogP contribution < -0.4 is 20.5 Å². The molecule has 0 amide bonds. The molecule has 1 atom stereocenters. The number of thiazole rings is 1. The smallest absolute Gasteiger partial charge is 0.337 e. The number of fused-ring (bicyclic) bond motifs is 1. The molecule has 2 heterocycles. The van der Waals surface area contributed by atoms with Gasteiger partial charge in [0.1, 0.15) is 10.5 Å². The molecule has 0 unspecified atom stereocenters. The highest BCUT2D eigenvalue weighted by atomic mass is 32.1. The number of hydrogen-bond acceptors (Lipinski definition) is 9. The second-order valence-corrected chi connectivity index (χ2v) is 8.68. The first-order valence-corrected chi connectivity index (χ1v) is 11.3. The summed E-state index contributed by atoms with van der Waals surface area (Å²) in [5, 5.41) is 19.9. The molecule has 1 aliphatic rings. The topological polar surface area (TPSA) is 148 Å². The summed E-state index contributed by atoms with van der Waals surface area (Å²) in [7, 11) is 2.56. The maximum absolute atomic E-state index is 13.2. The molecule has 0 aliphatic carbocycles. The minimum absolute atomic E-state index is 0.0544. The van der Waals surface area contributed by atoms with Crippen LogP contribution in [0.5, 0.6) is 0 Å². The molecule has 2 aromatic carbocycles. The van der Waals surface area contributed by atoms with Crippen molar-refractivity contribution in [1.29, 1.82) is 10.5 Å². The molecule has 9 nitrogen and oxygen atoms in total. The maximum Gasteiger partial charge on any atom is 0.337 e. The van der Waals surface area contributed by atoms with Crippen LogP contribution in [0.25, 0.3) is 17.5 Å². The molecule has 1 aromatic heterocycles. The normalized spacial score (nSPS) is 15.1. The van der Waals surface area contributed by atoms with E-state index < -0.39 is 23.4 Å². The second-order valence-electron chi connectivity index (χ2n) is 7.65. The predicted octanol–water partition coefficient (Wildman–Crippen LogP) is 1.43. The fraction of sp³-hybridized carbons (Fsp3) is 0.115. The van der Waals surface area contributed by atoms with Gasteiger partial charge in [-0.15, -0.1) is 11.3 Å². The highest BCUT2D eigenvalue weighted by Gasteiger charge is 2.32. The summed E-state index contributed by atoms with van der Waals surface area (Å²) in [6.45, 7) is 0. The lowest BCUT2D eigenvalue weighted by atomic mass is 9.84. The zero-order valence-electron chi connectivity index (χ0n) is 19.1. The molecule has 10 heteroatoms. The van der Waals surface area contributed by atoms with Gasteiger partial charge >= 0.3 is 11.9 Å². The van der Waals surface area contributed by atoms with E-state index in [1.807, 2.05) is 6.07 Å². The molecular formula is C26H18N4O5S. The van der Waals surface area contributed by atoms with E-state index in [1.165, 1.54) is 30.9 Å². The summed E-state index contributed by atoms with van der Waals surface area (Å²) >= 11 is 1.08. The van der Waals surface area contributed by atoms with Gasteiger partial charge in [-0.05, 0) is 41.5 Å². The Balaban J connectivity index is 1.90. The third-order valence-corrected chi connectivity index (χ3v) is 6.79. The van der Waals surface area contributed by atoms with E-state index in [0.29, 0.717) is 31.4 Å². The van der Waals surface area contributed by atoms with Crippen LogP contribution in [0.4, 0.5) is 0 Å². The van der Waals surface area contributed by atoms with Crippen molar-refractivity contribution in [1.82, 2.24) is 4.57 Å². The first kappa shape index (κ1) is 24.2. The van der Waals surface area contributed by atoms with Crippen molar-refractivity contribution in [2.45, 2.75) is 5.92 Å². The average molecular weight is 499 g/mol. The Kier molecular flexibility index (Phi) is 6.55. The van der Waals surface area contributed by atoms with E-state index >= 15 is 0 Å². The molecule has 0 fully saturated rings. The number of nitrogens with zero attached hydrogens (tertiary/aromatic N) is 3. The van der Waals surface area contributed by atoms with E-state index in [-0.39, 0.29) is 17.0 Å². The molecule has 0 saturated heterocycles. The summed E-state index contributed by atoms with van der Waals surface area (Å²) in [5.41, 5.74) is 7.95. The number of aromatic nitrogens is 1. The monoisotopic (exact) mass is 498 g/mol. The number of methoxy groups -OCH3 is 2. The standard InChI is InChI=1S/C26H18N4O5S/c1-34-25(32)16-5-3-14(4-6-16)11-20-23(31)30-22(29)18(12-27)21(19(13-28)24(30)36-20)15-7-9-17(10-8-15)26(33)35-2/h3-11,21H,29H2,1-2H3/t21-/m1/s1. The molecule has 0 saturated carbocycles. The first-order chi connectivity index (χ1) is 17.3. The number of allylic oxidation sites excluding steroid dienone is 1. The SMILES string of the molecule is COC(=O)c1ccc(C=c2sc3n(c2=O)C(N)=C(C#N)[C@@H](c2ccc(C(=O)OC)cc2)C=3C#N)cc1. The number of nitriles is 2. The van der Waals surface area contributed by atoms with Gasteiger partial charge in [-0.3, -0.25) is 9.36 Å². The number of hydrogen-bond donors (Lipinski definition) is 1. The van der Waals surface area contributed by atoms with Crippen molar-refractivity contribution in [3.05, 3.63) is 95.9 Å². The Morgan fingerprint density at radius 1 is 0.944 bits per heavy atom. The third kappa shape index (κ3) is 4.06. The molecule has 0 radical (unpaired) electrons. The summed E-state index contributed by atoms with van der Waals surface area (Å²) < 4.78 is 11.2. The van der Waals surface area contributed by atoms with Crippen LogP contribution >= 0.6 is 11.3 Å². The van der Waals surface area contributed by atoms with Crippen LogP contribution in [0.1, 0.15) is 37.8 Å². The molecule has 0 bridgehead atoms. The van der Waals surface area contributed by atoms with Crippen molar-refractivity contribution < 1.29 is 19.1 Å². The van der Waals surface area contributed by atoms with Crippen LogP contribution in [0.15, 0.2) is 58.9 Å². The molecular weight excluding hydrogens is 480 g/mol. The van der Waals surface area contributed by atoms with Crippen LogP contribution in [-0.2, 0) is 9.47 Å². The number of nitrogens with two attached hydrogens (primary N) is 1. The fourth-order valence-corrected chi connectivity index (χ4v) is 5.03. The summed E-state index contributed by atoms with van der Waals surface area (Å²) in [6, 6.07) is 17.0. The maximum atomic E-state index is 13.2. The van der Waals surface area contributed by atoms with Gasteiger partial charge in [0, 0.05) is 0 Å². The highest BCUT2D eigenvalue weighted by molar-refractivity contribution is 7.07. The quantitative estimate of drug-likeness (QED) is 0.531. The number of carbonyl (C=O) groups excluding carboxylic acids is 2. The van der Waals surface area contributed by atoms with Crippen LogP contribution in [0.3, 0.4) is 0 Å². The van der Waals surface area contributed by atoms with Crippen molar-refractivity contribution in [2.24, 2.45) is 5.73 Å². The van der Waals surface area contributed by atoms with Gasteiger partial charge in [-0.1, -0.05) is 24.3 Å². The Morgan fingerprint density at radius 2 is 1.47 bits per heavy atom. The van der Waals surface area contributed by atoms with Crippen LogP contribution in [0, 0.1) is 22.7 Å². The molecule has 1 aliphatic heterocycles. The predicted molar refractivity (Wildman–Crippen MR) is 132 cm³/mol. The molecule has 0 spiro atoms. The van der Waals surface area contributed by atoms with Crippen molar-refractivity contribution in [2.75, 3.05) is 14.2 Å². The minimum Gasteiger partial charge on any atom is -0.465 e. The number of carbonyl (C=O) groups is 2. The van der Waals surface area contributed by atoms with Gasteiger partial charge in [0.2, 0.25) is 0 Å². The minimum atomic E-state index is -0.808. The number of rotatable bonds is 4. The van der Waals surface area contributed by atoms with E-state index in [0.717, 1.165) is 11.3 Å². The zero-order valence-corrected chi connectivity index (χ0v) is 20.0. The van der Waals surface area contributed by atoms with Crippen molar-refractivity contribution in [3.8, 4) is 12.1 Å². The van der Waals surface area contributed by atoms with E-state index in [1.54, 1.807) is 42.5 Å². The highest BCUT2D eigenvalue weighted by Crippen LogP contribution is 2.35. The van der Waals surface area contributed by atoms with Crippen LogP contribution in [-0.4, -0.2) is 30.7 Å². The number of benzene rings is 2. The Labute approximate surface area is 208 Å². The molecule has 4 rings (SSSR count). The largest absolute Gasteiger partial charge is 0.465 e. The third-order valence-electron chi connectivity index (χ3n) is 5.68. The number of ether oxygens (including phenoxy) is 2. The van der Waals surface area contributed by atoms with Gasteiger partial charge < -0.3 is 15.2 Å². The lowest BCUT2D eigenvalue weighted by Gasteiger charge is -2.22. The van der Waals surface area contributed by atoms with E-state index in [4.69, 9.17) is 15.2 Å². The molecule has 3 aromatic rings. The Hall–Kier alpha value is -4.93. The lowest BCUT2D eigenvalue weighted by molar-refractivity contribution is 0.0592. The summed E-state index contributed by atoms with van der Waals surface area (Å²) in [6.07, 6.45) is 1.62. The van der Waals surface area contributed by atoms with E-state index in [9.17, 15) is 24.9 Å². The van der Waals surface area contributed by atoms with Crippen LogP contribution in [0.2, 0.25) is 0 Å². The number of esters is 2. The second kappa shape index (κ2) is 9.74. The first-order valence-electron chi connectivity index (χ1n) is 10.5. The summed E-state index contributed by atoms with van der Waals surface area (Å²) in [5.74, 6) is -1.86. The molecule has 36 heavy (non-hydrogen) atoms. The van der Waals surface area contributed by atoms with Gasteiger partial charge in [-0.25, -0.2) is 9.59 Å².